The fourth-order valence-corrected chi connectivity index (χ4v) is 21.6. The lowest BCUT2D eigenvalue weighted by Gasteiger charge is -2.26. The molecule has 0 fully saturated rings. The van der Waals surface area contributed by atoms with Crippen LogP contribution in [0.2, 0.25) is 0 Å². The molecule has 0 unspecified atom stereocenters. The second kappa shape index (κ2) is 29.4. The molecule has 0 spiro atoms. The van der Waals surface area contributed by atoms with E-state index in [4.69, 9.17) is 0 Å². The summed E-state index contributed by atoms with van der Waals surface area (Å²) in [6.45, 7) is 0. The molecule has 8 aromatic heterocycles. The van der Waals surface area contributed by atoms with Crippen molar-refractivity contribution >= 4 is 172 Å². The Hall–Kier alpha value is -5.37. The van der Waals surface area contributed by atoms with E-state index < -0.39 is 63.6 Å². The van der Waals surface area contributed by atoms with Crippen molar-refractivity contribution in [3.05, 3.63) is 243 Å². The summed E-state index contributed by atoms with van der Waals surface area (Å²) in [4.78, 5) is 8.46. The minimum absolute atomic E-state index is 0. The standard InChI is InChI=1S/C33H18F6S4.C21H11F7S.C12H7BrS3.CH4.S5/c34-31(35)27(21-17-25(19-9-3-1-4-10-19)42-29(21)20-11-5-2-6-12-20)28(32(36,37)33(31,38)39)22-18-26(23-13-7-15-40-23)43-30(22)24-14-8-16-41-24;22-18-16(19(23,24)21(27,28)20(18,25)26)14-11-15(12-7-3-1-4-8-12)29-17(14)13-9-5-2-6-10-13;13-8-7-11(9-3-1-5-14-9)16-12(8)10-4-2-6-15-10;;1-3-5-4-2/h1-18H;1-11H;1-7H;1H4;. The third-order valence-electron chi connectivity index (χ3n) is 14.2. The fraction of sp³-hybridized carbons (Fsp3) is 0.104. The van der Waals surface area contributed by atoms with Gasteiger partial charge in [0.15, 0.2) is 5.83 Å². The summed E-state index contributed by atoms with van der Waals surface area (Å²) in [7, 11) is 3.95. The first-order chi connectivity index (χ1) is 44.5. The molecule has 27 heteroatoms. The monoisotopic (exact) mass is 1590 g/mol. The molecule has 0 atom stereocenters. The molecule has 94 heavy (non-hydrogen) atoms. The van der Waals surface area contributed by atoms with E-state index >= 15 is 26.3 Å². The molecule has 0 aliphatic heterocycles. The van der Waals surface area contributed by atoms with Crippen molar-refractivity contribution in [3.63, 3.8) is 0 Å². The summed E-state index contributed by atoms with van der Waals surface area (Å²) in [6.07, 6.45) is 0. The van der Waals surface area contributed by atoms with Gasteiger partial charge in [-0.2, -0.15) is 52.7 Å². The van der Waals surface area contributed by atoms with E-state index in [1.807, 2.05) is 11.3 Å². The van der Waals surface area contributed by atoms with Crippen molar-refractivity contribution in [2.24, 2.45) is 0 Å². The highest BCUT2D eigenvalue weighted by atomic mass is 79.9. The Labute approximate surface area is 589 Å². The van der Waals surface area contributed by atoms with Gasteiger partial charge in [-0.15, -0.1) is 90.7 Å². The summed E-state index contributed by atoms with van der Waals surface area (Å²) in [5, 5.41) is 7.77. The van der Waals surface area contributed by atoms with Crippen LogP contribution < -0.4 is 0 Å². The maximum absolute atomic E-state index is 16.1. The zero-order valence-corrected chi connectivity index (χ0v) is 58.6. The Bertz CT molecular complexity index is 4730. The quantitative estimate of drug-likeness (QED) is 0.118. The zero-order valence-electron chi connectivity index (χ0n) is 46.4. The molecule has 0 bridgehead atoms. The van der Waals surface area contributed by atoms with Crippen LogP contribution in [-0.4, -0.2) is 35.5 Å². The number of thiophene rings is 8. The lowest BCUT2D eigenvalue weighted by Crippen LogP contribution is -2.48. The van der Waals surface area contributed by atoms with E-state index in [1.54, 1.807) is 167 Å². The van der Waals surface area contributed by atoms with Gasteiger partial charge in [-0.05, 0) is 108 Å². The minimum Gasteiger partial charge on any atom is -0.204 e. The first-order valence-corrected chi connectivity index (χ1v) is 39.6. The topological polar surface area (TPSA) is 0 Å². The summed E-state index contributed by atoms with van der Waals surface area (Å²) in [5.74, 6) is -35.6. The fourth-order valence-electron chi connectivity index (χ4n) is 9.96. The molecular formula is C67H40BrF13S13. The van der Waals surface area contributed by atoms with Gasteiger partial charge in [0, 0.05) is 130 Å². The van der Waals surface area contributed by atoms with Crippen LogP contribution >= 0.6 is 107 Å². The highest BCUT2D eigenvalue weighted by Crippen LogP contribution is 2.68. The van der Waals surface area contributed by atoms with E-state index in [2.05, 4.69) is 79.4 Å². The Morgan fingerprint density at radius 1 is 0.319 bits per heavy atom. The molecule has 0 amide bonds. The Morgan fingerprint density at radius 2 is 0.628 bits per heavy atom. The molecule has 0 N–H and O–H groups in total. The van der Waals surface area contributed by atoms with E-state index in [0.29, 0.717) is 41.8 Å². The highest BCUT2D eigenvalue weighted by Gasteiger charge is 2.82. The zero-order chi connectivity index (χ0) is 66.1. The predicted octanol–water partition coefficient (Wildman–Crippen LogP) is 26.7. The maximum Gasteiger partial charge on any atom is 0.383 e. The van der Waals surface area contributed by atoms with Crippen molar-refractivity contribution in [2.45, 2.75) is 43.0 Å². The average Bonchev–Trinajstić information content (AvgIpc) is 1.53. The van der Waals surface area contributed by atoms with Gasteiger partial charge < -0.3 is 0 Å². The second-order valence-electron chi connectivity index (χ2n) is 19.8. The van der Waals surface area contributed by atoms with E-state index in [0.717, 1.165) is 45.0 Å². The molecule has 0 nitrogen and oxygen atoms in total. The number of benzene rings is 4. The van der Waals surface area contributed by atoms with Crippen LogP contribution in [0, 0.1) is 0 Å². The van der Waals surface area contributed by atoms with Gasteiger partial charge in [0.2, 0.25) is 0 Å². The van der Waals surface area contributed by atoms with Crippen molar-refractivity contribution in [3.8, 4) is 80.8 Å². The smallest absolute Gasteiger partial charge is 0.204 e. The van der Waals surface area contributed by atoms with Crippen molar-refractivity contribution < 1.29 is 57.1 Å². The number of alkyl halides is 12. The molecule has 0 saturated heterocycles. The van der Waals surface area contributed by atoms with E-state index in [1.165, 1.54) is 97.6 Å². The first-order valence-electron chi connectivity index (χ1n) is 26.7. The number of hydrogen-bond donors (Lipinski definition) is 0. The Morgan fingerprint density at radius 3 is 0.989 bits per heavy atom. The number of hydrogen-bond acceptors (Lipinski definition) is 10. The molecule has 8 heterocycles. The van der Waals surface area contributed by atoms with Gasteiger partial charge in [-0.25, -0.2) is 4.39 Å². The summed E-state index contributed by atoms with van der Waals surface area (Å²) >= 11 is 23.7. The predicted molar refractivity (Wildman–Crippen MR) is 388 cm³/mol. The first kappa shape index (κ1) is 71.4. The van der Waals surface area contributed by atoms with Gasteiger partial charge in [-0.3, -0.25) is 0 Å². The van der Waals surface area contributed by atoms with Crippen molar-refractivity contribution in [1.82, 2.24) is 0 Å². The minimum atomic E-state index is -5.87. The molecule has 2 aliphatic rings. The Balaban J connectivity index is 0.000000162. The lowest BCUT2D eigenvalue weighted by molar-refractivity contribution is -0.263. The largest absolute Gasteiger partial charge is 0.383 e. The van der Waals surface area contributed by atoms with Crippen LogP contribution in [0.3, 0.4) is 0 Å². The van der Waals surface area contributed by atoms with Crippen LogP contribution in [0.5, 0.6) is 0 Å². The molecular weight excluding hydrogens is 1550 g/mol. The molecule has 0 radical (unpaired) electrons. The van der Waals surface area contributed by atoms with Gasteiger partial charge >= 0.3 is 35.5 Å². The van der Waals surface area contributed by atoms with Crippen LogP contribution in [0.25, 0.3) is 97.5 Å². The normalized spacial score (nSPS) is 16.0. The number of halogens is 14. The van der Waals surface area contributed by atoms with Crippen LogP contribution in [0.15, 0.2) is 226 Å². The third kappa shape index (κ3) is 13.5. The second-order valence-corrected chi connectivity index (χ2v) is 34.0. The van der Waals surface area contributed by atoms with Crippen molar-refractivity contribution in [2.75, 3.05) is 0 Å². The van der Waals surface area contributed by atoms with Crippen molar-refractivity contribution in [1.29, 1.82) is 0 Å². The lowest BCUT2D eigenvalue weighted by atomic mass is 9.93. The Kier molecular flexibility index (Phi) is 22.3. The van der Waals surface area contributed by atoms with Crippen LogP contribution in [0.4, 0.5) is 57.1 Å². The molecule has 484 valence electrons. The van der Waals surface area contributed by atoms with Crippen LogP contribution in [0.1, 0.15) is 24.1 Å². The molecule has 14 rings (SSSR count). The van der Waals surface area contributed by atoms with Gasteiger partial charge in [0.1, 0.15) is 0 Å². The summed E-state index contributed by atoms with van der Waals surface area (Å²) in [6, 6.07) is 54.8. The number of allylic oxidation sites excluding steroid dienone is 4. The summed E-state index contributed by atoms with van der Waals surface area (Å²) in [5.41, 5.74) is -3.93. The van der Waals surface area contributed by atoms with Gasteiger partial charge in [0.05, 0.1) is 15.3 Å². The summed E-state index contributed by atoms with van der Waals surface area (Å²) < 4.78 is 195. The maximum atomic E-state index is 16.1. The third-order valence-corrected chi connectivity index (χ3v) is 28.5. The van der Waals surface area contributed by atoms with Gasteiger partial charge in [-0.1, -0.05) is 153 Å². The average molecular weight is 1590 g/mol. The van der Waals surface area contributed by atoms with E-state index in [-0.39, 0.29) is 33.2 Å². The van der Waals surface area contributed by atoms with Crippen LogP contribution in [-0.2, 0) is 49.0 Å². The molecule has 12 aromatic rings. The molecule has 2 aliphatic carbocycles. The highest BCUT2D eigenvalue weighted by molar-refractivity contribution is 9.10. The molecule has 4 aromatic carbocycles. The number of rotatable bonds is 11. The molecule has 0 saturated carbocycles. The SMILES string of the molecule is Brc1cc(-c2cccs2)sc1-c1cccs1.C.FC1(F)C(c2cc(-c3ccccc3)sc2-c2ccccc2)=C(c2cc(-c3cccs3)sc2-c2cccs2)C(F)(F)C1(F)F.FC1=C(c2cc(-c3ccccc3)sc2-c2ccccc2)C(F)(F)C(F)(F)C1(F)F.S=S=S=S=S. The van der Waals surface area contributed by atoms with Gasteiger partial charge in [0.25, 0.3) is 0 Å². The van der Waals surface area contributed by atoms with E-state index in [9.17, 15) is 30.7 Å².